The van der Waals surface area contributed by atoms with E-state index in [0.717, 1.165) is 18.7 Å². The number of aryl methyl sites for hydroxylation is 1. The van der Waals surface area contributed by atoms with Crippen molar-refractivity contribution in [1.29, 1.82) is 0 Å². The maximum absolute atomic E-state index is 12.9. The van der Waals surface area contributed by atoms with Crippen LogP contribution in [-0.2, 0) is 11.2 Å². The summed E-state index contributed by atoms with van der Waals surface area (Å²) in [4.78, 5) is 27.6. The summed E-state index contributed by atoms with van der Waals surface area (Å²) in [5, 5.41) is 7.17. The Hall–Kier alpha value is -2.81. The minimum Gasteiger partial charge on any atom is -0.366 e. The zero-order valence-corrected chi connectivity index (χ0v) is 13.9. The molecule has 9 nitrogen and oxygen atoms in total. The summed E-state index contributed by atoms with van der Waals surface area (Å²) in [6.45, 7) is 3.42. The number of hydrogen-bond donors (Lipinski definition) is 1. The second-order valence-corrected chi connectivity index (χ2v) is 5.93. The minimum absolute atomic E-state index is 0.158. The van der Waals surface area contributed by atoms with E-state index in [1.165, 1.54) is 0 Å². The van der Waals surface area contributed by atoms with Gasteiger partial charge in [0.1, 0.15) is 11.9 Å². The second-order valence-electron chi connectivity index (χ2n) is 5.93. The topological polar surface area (TPSA) is 101 Å². The molecule has 1 N–H and O–H groups in total. The van der Waals surface area contributed by atoms with Crippen LogP contribution in [0.25, 0.3) is 5.65 Å². The number of aromatic amines is 1. The first-order valence-electron chi connectivity index (χ1n) is 8.36. The quantitative estimate of drug-likeness (QED) is 0.760. The molecule has 0 saturated carbocycles. The first kappa shape index (κ1) is 15.7. The Morgan fingerprint density at radius 2 is 2.20 bits per heavy atom. The largest absolute Gasteiger partial charge is 0.366 e. The highest BCUT2D eigenvalue weighted by molar-refractivity contribution is 5.97. The molecule has 1 atom stereocenters. The molecule has 0 bridgehead atoms. The van der Waals surface area contributed by atoms with E-state index in [-0.39, 0.29) is 12.0 Å². The number of hydrogen-bond acceptors (Lipinski definition) is 6. The summed E-state index contributed by atoms with van der Waals surface area (Å²) in [5.74, 6) is 1.27. The number of carbonyl (C=O) groups excluding carboxylic acids is 1. The molecule has 3 aromatic rings. The van der Waals surface area contributed by atoms with Gasteiger partial charge in [-0.25, -0.2) is 15.0 Å². The predicted molar refractivity (Wildman–Crippen MR) is 88.0 cm³/mol. The molecule has 1 aliphatic rings. The molecule has 3 aromatic heterocycles. The smallest absolute Gasteiger partial charge is 0.276 e. The number of rotatable bonds is 4. The summed E-state index contributed by atoms with van der Waals surface area (Å²) in [5.41, 5.74) is 0.897. The van der Waals surface area contributed by atoms with E-state index in [1.807, 2.05) is 0 Å². The molecule has 1 amide bonds. The second kappa shape index (κ2) is 6.60. The van der Waals surface area contributed by atoms with Gasteiger partial charge < -0.3 is 14.0 Å². The summed E-state index contributed by atoms with van der Waals surface area (Å²) in [7, 11) is 0. The zero-order valence-electron chi connectivity index (χ0n) is 13.9. The highest BCUT2D eigenvalue weighted by Crippen LogP contribution is 2.21. The Labute approximate surface area is 144 Å². The maximum Gasteiger partial charge on any atom is 0.276 e. The Bertz CT molecular complexity index is 887. The van der Waals surface area contributed by atoms with Crippen molar-refractivity contribution in [1.82, 2.24) is 34.4 Å². The van der Waals surface area contributed by atoms with E-state index in [4.69, 9.17) is 4.74 Å². The molecule has 130 valence electrons. The first-order chi connectivity index (χ1) is 12.3. The van der Waals surface area contributed by atoms with Crippen LogP contribution in [0.3, 0.4) is 0 Å². The van der Waals surface area contributed by atoms with Gasteiger partial charge in [-0.15, -0.1) is 0 Å². The third kappa shape index (κ3) is 2.98. The highest BCUT2D eigenvalue weighted by atomic mass is 16.5. The standard InChI is InChI=1S/C16H19N7O2/c1-2-3-12-19-14(21-20-12)11-10-23(8-9-25-11)16(24)13-15-18-5-7-22(15)6-4-17-13/h4-7,11H,2-3,8-10H2,1H3,(H,19,20,21)/t11-/m1/s1. The molecule has 0 aliphatic carbocycles. The summed E-state index contributed by atoms with van der Waals surface area (Å²) < 4.78 is 7.55. The Morgan fingerprint density at radius 1 is 1.36 bits per heavy atom. The van der Waals surface area contributed by atoms with Gasteiger partial charge in [0.05, 0.1) is 13.2 Å². The lowest BCUT2D eigenvalue weighted by Crippen LogP contribution is -2.43. The average Bonchev–Trinajstić information content (AvgIpc) is 3.30. The number of nitrogens with zero attached hydrogens (tertiary/aromatic N) is 6. The fourth-order valence-electron chi connectivity index (χ4n) is 2.95. The van der Waals surface area contributed by atoms with E-state index < -0.39 is 0 Å². The fourth-order valence-corrected chi connectivity index (χ4v) is 2.95. The van der Waals surface area contributed by atoms with Crippen molar-refractivity contribution in [3.63, 3.8) is 0 Å². The zero-order chi connectivity index (χ0) is 17.2. The average molecular weight is 341 g/mol. The molecule has 4 rings (SSSR count). The molecular weight excluding hydrogens is 322 g/mol. The van der Waals surface area contributed by atoms with E-state index in [1.54, 1.807) is 34.1 Å². The van der Waals surface area contributed by atoms with E-state index >= 15 is 0 Å². The predicted octanol–water partition coefficient (Wildman–Crippen LogP) is 1.01. The SMILES string of the molecule is CCCc1nc([C@H]2CN(C(=O)c3nccn4ccnc34)CCO2)n[nH]1. The number of ether oxygens (including phenoxy) is 1. The molecule has 0 spiro atoms. The van der Waals surface area contributed by atoms with E-state index in [0.29, 0.717) is 36.9 Å². The van der Waals surface area contributed by atoms with Crippen molar-refractivity contribution in [2.24, 2.45) is 0 Å². The van der Waals surface area contributed by atoms with Gasteiger partial charge in [-0.1, -0.05) is 6.92 Å². The van der Waals surface area contributed by atoms with Crippen molar-refractivity contribution in [2.45, 2.75) is 25.9 Å². The molecular formula is C16H19N7O2. The van der Waals surface area contributed by atoms with Crippen LogP contribution in [0.5, 0.6) is 0 Å². The number of nitrogens with one attached hydrogen (secondary N) is 1. The van der Waals surface area contributed by atoms with Crippen molar-refractivity contribution < 1.29 is 9.53 Å². The highest BCUT2D eigenvalue weighted by Gasteiger charge is 2.30. The first-order valence-corrected chi connectivity index (χ1v) is 8.36. The minimum atomic E-state index is -0.334. The van der Waals surface area contributed by atoms with Crippen molar-refractivity contribution in [2.75, 3.05) is 19.7 Å². The molecule has 4 heterocycles. The lowest BCUT2D eigenvalue weighted by Gasteiger charge is -2.31. The molecule has 0 unspecified atom stereocenters. The monoisotopic (exact) mass is 341 g/mol. The van der Waals surface area contributed by atoms with Gasteiger partial charge >= 0.3 is 0 Å². The van der Waals surface area contributed by atoms with Crippen LogP contribution in [0.1, 0.15) is 41.6 Å². The van der Waals surface area contributed by atoms with Crippen molar-refractivity contribution in [3.05, 3.63) is 42.1 Å². The van der Waals surface area contributed by atoms with Crippen molar-refractivity contribution >= 4 is 11.6 Å². The van der Waals surface area contributed by atoms with E-state index in [2.05, 4.69) is 32.1 Å². The Kier molecular flexibility index (Phi) is 4.14. The lowest BCUT2D eigenvalue weighted by atomic mass is 10.2. The Balaban J connectivity index is 1.54. The molecule has 9 heteroatoms. The number of imidazole rings is 1. The number of morpholine rings is 1. The molecule has 25 heavy (non-hydrogen) atoms. The molecule has 1 aliphatic heterocycles. The number of amides is 1. The van der Waals surface area contributed by atoms with Gasteiger partial charge in [0.25, 0.3) is 5.91 Å². The van der Waals surface area contributed by atoms with Gasteiger partial charge in [-0.3, -0.25) is 9.89 Å². The van der Waals surface area contributed by atoms with Gasteiger partial charge in [-0.2, -0.15) is 5.10 Å². The number of carbonyl (C=O) groups is 1. The summed E-state index contributed by atoms with van der Waals surface area (Å²) >= 11 is 0. The van der Waals surface area contributed by atoms with Crippen LogP contribution in [0, 0.1) is 0 Å². The van der Waals surface area contributed by atoms with Gasteiger partial charge in [0, 0.05) is 37.8 Å². The van der Waals surface area contributed by atoms with Crippen LogP contribution >= 0.6 is 0 Å². The van der Waals surface area contributed by atoms with Gasteiger partial charge in [0.2, 0.25) is 0 Å². The number of aromatic nitrogens is 6. The fraction of sp³-hybridized carbons (Fsp3) is 0.438. The number of H-pyrrole nitrogens is 1. The third-order valence-corrected chi connectivity index (χ3v) is 4.19. The van der Waals surface area contributed by atoms with Crippen LogP contribution in [0.4, 0.5) is 0 Å². The van der Waals surface area contributed by atoms with Gasteiger partial charge in [0.15, 0.2) is 17.2 Å². The number of fused-ring (bicyclic) bond motifs is 1. The molecule has 1 fully saturated rings. The maximum atomic E-state index is 12.9. The van der Waals surface area contributed by atoms with E-state index in [9.17, 15) is 4.79 Å². The van der Waals surface area contributed by atoms with Crippen LogP contribution in [0.2, 0.25) is 0 Å². The van der Waals surface area contributed by atoms with Gasteiger partial charge in [-0.05, 0) is 6.42 Å². The van der Waals surface area contributed by atoms with Crippen LogP contribution < -0.4 is 0 Å². The third-order valence-electron chi connectivity index (χ3n) is 4.19. The van der Waals surface area contributed by atoms with Crippen molar-refractivity contribution in [3.8, 4) is 0 Å². The molecule has 0 aromatic carbocycles. The summed E-state index contributed by atoms with van der Waals surface area (Å²) in [6.07, 6.45) is 8.31. The summed E-state index contributed by atoms with van der Waals surface area (Å²) in [6, 6.07) is 0. The molecule has 0 radical (unpaired) electrons. The normalized spacial score (nSPS) is 18.0. The Morgan fingerprint density at radius 3 is 3.04 bits per heavy atom. The van der Waals surface area contributed by atoms with Crippen LogP contribution in [0.15, 0.2) is 24.8 Å². The lowest BCUT2D eigenvalue weighted by molar-refractivity contribution is -0.0268. The van der Waals surface area contributed by atoms with Crippen LogP contribution in [-0.4, -0.2) is 60.1 Å². The molecule has 1 saturated heterocycles.